The fraction of sp³-hybridized carbons (Fsp3) is 1.00. The van der Waals surface area contributed by atoms with Gasteiger partial charge in [0.15, 0.2) is 0 Å². The minimum Gasteiger partial charge on any atom is -0.393 e. The molecule has 1 N–H and O–H groups in total. The van der Waals surface area contributed by atoms with Gasteiger partial charge in [-0.25, -0.2) is 8.78 Å². The van der Waals surface area contributed by atoms with Gasteiger partial charge in [0, 0.05) is 12.8 Å². The monoisotopic (exact) mass is 246 g/mol. The summed E-state index contributed by atoms with van der Waals surface area (Å²) in [5.74, 6) is -1.94. The third-order valence-corrected chi connectivity index (χ3v) is 4.58. The van der Waals surface area contributed by atoms with Crippen LogP contribution in [0.5, 0.6) is 0 Å². The van der Waals surface area contributed by atoms with Crippen LogP contribution < -0.4 is 0 Å². The fourth-order valence-corrected chi connectivity index (χ4v) is 3.43. The second-order valence-electron chi connectivity index (χ2n) is 6.01. The Balaban J connectivity index is 1.68. The van der Waals surface area contributed by atoms with Crippen molar-refractivity contribution in [2.24, 2.45) is 11.8 Å². The van der Waals surface area contributed by atoms with Crippen LogP contribution in [-0.2, 0) is 0 Å². The zero-order valence-electron chi connectivity index (χ0n) is 10.5. The van der Waals surface area contributed by atoms with Crippen LogP contribution in [0.2, 0.25) is 0 Å². The lowest BCUT2D eigenvalue weighted by atomic mass is 9.84. The maximum Gasteiger partial charge on any atom is 0.248 e. The number of rotatable bonds is 4. The predicted octanol–water partition coefficient (Wildman–Crippen LogP) is 4.14. The largest absolute Gasteiger partial charge is 0.393 e. The molecule has 1 nitrogen and oxygen atoms in total. The van der Waals surface area contributed by atoms with Gasteiger partial charge in [-0.3, -0.25) is 0 Å². The van der Waals surface area contributed by atoms with E-state index >= 15 is 0 Å². The van der Waals surface area contributed by atoms with Crippen molar-refractivity contribution in [3.63, 3.8) is 0 Å². The van der Waals surface area contributed by atoms with Crippen molar-refractivity contribution in [3.05, 3.63) is 0 Å². The molecule has 0 aromatic carbocycles. The summed E-state index contributed by atoms with van der Waals surface area (Å²) in [6, 6.07) is 0. The Hall–Kier alpha value is -0.180. The van der Waals surface area contributed by atoms with E-state index in [2.05, 4.69) is 0 Å². The Kier molecular flexibility index (Phi) is 4.40. The van der Waals surface area contributed by atoms with E-state index in [0.717, 1.165) is 18.8 Å². The van der Waals surface area contributed by atoms with Crippen molar-refractivity contribution >= 4 is 0 Å². The van der Waals surface area contributed by atoms with Gasteiger partial charge in [-0.1, -0.05) is 32.1 Å². The third kappa shape index (κ3) is 3.90. The molecule has 2 aliphatic carbocycles. The molecule has 2 rings (SSSR count). The number of halogens is 2. The van der Waals surface area contributed by atoms with Crippen molar-refractivity contribution in [1.29, 1.82) is 0 Å². The first kappa shape index (κ1) is 13.3. The van der Waals surface area contributed by atoms with Crippen LogP contribution in [0.15, 0.2) is 0 Å². The van der Waals surface area contributed by atoms with Crippen molar-refractivity contribution < 1.29 is 13.9 Å². The van der Waals surface area contributed by atoms with Crippen molar-refractivity contribution in [2.75, 3.05) is 0 Å². The molecule has 2 saturated carbocycles. The average Bonchev–Trinajstić information content (AvgIpc) is 2.68. The summed E-state index contributed by atoms with van der Waals surface area (Å²) < 4.78 is 26.1. The fourth-order valence-electron chi connectivity index (χ4n) is 3.43. The average molecular weight is 246 g/mol. The standard InChI is InChI=1S/C14H24F2O/c15-14(16)9-8-12(10-14)13(17)7-6-11-4-2-1-3-5-11/h11-13,17H,1-10H2. The summed E-state index contributed by atoms with van der Waals surface area (Å²) in [7, 11) is 0. The molecule has 2 atom stereocenters. The number of alkyl halides is 2. The quantitative estimate of drug-likeness (QED) is 0.790. The van der Waals surface area contributed by atoms with Crippen LogP contribution in [0.4, 0.5) is 8.78 Å². The van der Waals surface area contributed by atoms with Gasteiger partial charge in [0.2, 0.25) is 5.92 Å². The van der Waals surface area contributed by atoms with Gasteiger partial charge in [0.1, 0.15) is 0 Å². The van der Waals surface area contributed by atoms with E-state index in [0.29, 0.717) is 6.42 Å². The molecule has 2 fully saturated rings. The topological polar surface area (TPSA) is 20.2 Å². The van der Waals surface area contributed by atoms with Gasteiger partial charge in [-0.15, -0.1) is 0 Å². The molecule has 0 aromatic heterocycles. The molecule has 17 heavy (non-hydrogen) atoms. The number of aliphatic hydroxyl groups is 1. The number of hydrogen-bond acceptors (Lipinski definition) is 1. The summed E-state index contributed by atoms with van der Waals surface area (Å²) >= 11 is 0. The van der Waals surface area contributed by atoms with E-state index in [4.69, 9.17) is 0 Å². The van der Waals surface area contributed by atoms with E-state index in [1.807, 2.05) is 0 Å². The molecule has 0 bridgehead atoms. The normalized spacial score (nSPS) is 31.6. The minimum atomic E-state index is -2.52. The molecule has 0 aromatic rings. The van der Waals surface area contributed by atoms with Gasteiger partial charge in [-0.2, -0.15) is 0 Å². The molecular weight excluding hydrogens is 222 g/mol. The smallest absolute Gasteiger partial charge is 0.248 e. The first-order valence-corrected chi connectivity index (χ1v) is 7.13. The van der Waals surface area contributed by atoms with Crippen LogP contribution in [0, 0.1) is 11.8 Å². The Morgan fingerprint density at radius 3 is 2.41 bits per heavy atom. The molecule has 0 spiro atoms. The van der Waals surface area contributed by atoms with E-state index in [9.17, 15) is 13.9 Å². The van der Waals surface area contributed by atoms with Gasteiger partial charge >= 0.3 is 0 Å². The van der Waals surface area contributed by atoms with Gasteiger partial charge in [0.25, 0.3) is 0 Å². The zero-order chi connectivity index (χ0) is 12.3. The Labute approximate surface area is 103 Å². The second kappa shape index (κ2) is 5.64. The highest BCUT2D eigenvalue weighted by molar-refractivity contribution is 4.85. The van der Waals surface area contributed by atoms with Crippen molar-refractivity contribution in [3.8, 4) is 0 Å². The first-order valence-electron chi connectivity index (χ1n) is 7.13. The van der Waals surface area contributed by atoms with E-state index in [-0.39, 0.29) is 18.8 Å². The first-order chi connectivity index (χ1) is 8.07. The van der Waals surface area contributed by atoms with Crippen LogP contribution in [0.1, 0.15) is 64.2 Å². The maximum atomic E-state index is 13.0. The Bertz CT molecular complexity index is 236. The van der Waals surface area contributed by atoms with Crippen LogP contribution in [0.3, 0.4) is 0 Å². The SMILES string of the molecule is OC(CCC1CCCCC1)C1CCC(F)(F)C1. The molecule has 2 aliphatic rings. The zero-order valence-corrected chi connectivity index (χ0v) is 10.5. The highest BCUT2D eigenvalue weighted by atomic mass is 19.3. The Morgan fingerprint density at radius 1 is 1.12 bits per heavy atom. The van der Waals surface area contributed by atoms with Gasteiger partial charge < -0.3 is 5.11 Å². The lowest BCUT2D eigenvalue weighted by Gasteiger charge is -2.24. The summed E-state index contributed by atoms with van der Waals surface area (Å²) in [4.78, 5) is 0. The number of aliphatic hydroxyl groups excluding tert-OH is 1. The van der Waals surface area contributed by atoms with Crippen molar-refractivity contribution in [2.45, 2.75) is 76.2 Å². The van der Waals surface area contributed by atoms with Crippen LogP contribution in [-0.4, -0.2) is 17.1 Å². The van der Waals surface area contributed by atoms with E-state index in [1.165, 1.54) is 32.1 Å². The summed E-state index contributed by atoms with van der Waals surface area (Å²) in [6.07, 6.45) is 8.13. The van der Waals surface area contributed by atoms with Gasteiger partial charge in [-0.05, 0) is 31.1 Å². The molecule has 2 unspecified atom stereocenters. The molecule has 0 amide bonds. The Morgan fingerprint density at radius 2 is 1.82 bits per heavy atom. The molecule has 0 radical (unpaired) electrons. The molecule has 100 valence electrons. The van der Waals surface area contributed by atoms with Gasteiger partial charge in [0.05, 0.1) is 6.10 Å². The second-order valence-corrected chi connectivity index (χ2v) is 6.01. The predicted molar refractivity (Wildman–Crippen MR) is 64.1 cm³/mol. The highest BCUT2D eigenvalue weighted by Gasteiger charge is 2.41. The lowest BCUT2D eigenvalue weighted by Crippen LogP contribution is -2.21. The van der Waals surface area contributed by atoms with E-state index in [1.54, 1.807) is 0 Å². The number of hydrogen-bond donors (Lipinski definition) is 1. The third-order valence-electron chi connectivity index (χ3n) is 4.58. The summed E-state index contributed by atoms with van der Waals surface area (Å²) in [5.41, 5.74) is 0. The molecule has 0 saturated heterocycles. The summed E-state index contributed by atoms with van der Waals surface area (Å²) in [6.45, 7) is 0. The van der Waals surface area contributed by atoms with Crippen molar-refractivity contribution in [1.82, 2.24) is 0 Å². The minimum absolute atomic E-state index is 0.0296. The molecule has 0 heterocycles. The van der Waals surface area contributed by atoms with Crippen LogP contribution >= 0.6 is 0 Å². The molecule has 3 heteroatoms. The van der Waals surface area contributed by atoms with E-state index < -0.39 is 12.0 Å². The maximum absolute atomic E-state index is 13.0. The molecular formula is C14H24F2O. The molecule has 0 aliphatic heterocycles. The van der Waals surface area contributed by atoms with Crippen LogP contribution in [0.25, 0.3) is 0 Å². The lowest BCUT2D eigenvalue weighted by molar-refractivity contribution is -0.00638. The summed E-state index contributed by atoms with van der Waals surface area (Å²) in [5, 5.41) is 9.98. The highest BCUT2D eigenvalue weighted by Crippen LogP contribution is 2.41.